The van der Waals surface area contributed by atoms with Gasteiger partial charge in [0.25, 0.3) is 0 Å². The molecule has 0 aromatic heterocycles. The van der Waals surface area contributed by atoms with Gasteiger partial charge in [-0.15, -0.1) is 0 Å². The van der Waals surface area contributed by atoms with E-state index in [0.29, 0.717) is 11.8 Å². The van der Waals surface area contributed by atoms with Crippen molar-refractivity contribution in [2.45, 2.75) is 48.9 Å². The van der Waals surface area contributed by atoms with Gasteiger partial charge in [0.05, 0.1) is 10.8 Å². The molecule has 0 bridgehead atoms. The number of hydrogen-bond acceptors (Lipinski definition) is 1. The highest BCUT2D eigenvalue weighted by atomic mass is 15.1. The summed E-state index contributed by atoms with van der Waals surface area (Å²) in [4.78, 5) is 2.33. The molecule has 0 fully saturated rings. The number of fused-ring (bicyclic) bond motifs is 20. The van der Waals surface area contributed by atoms with E-state index in [4.69, 9.17) is 0 Å². The maximum atomic E-state index is 2.59. The second kappa shape index (κ2) is 22.1. The van der Waals surface area contributed by atoms with Crippen molar-refractivity contribution in [3.63, 3.8) is 0 Å². The van der Waals surface area contributed by atoms with E-state index in [1.807, 2.05) is 0 Å². The first-order valence-corrected chi connectivity index (χ1v) is 33.2. The number of para-hydroxylation sites is 2. The standard InChI is InChI=1S/C92H67N/c1-61(82(68-24-8-3-9-25-68)56-62-22-6-2-7-23-62)65-42-44-66(45-43-65)69-48-54-80-78-52-40-63(57-87(78)91(89(80)59-69)83-34-18-14-30-74(83)75-31-15-19-35-84(75)91)38-39-64-41-53-79-81-55-49-70(67-46-50-73(51-47-67)93(71-26-10-4-11-27-71)72-28-12-5-13-29-72)60-90(81)92(88(79)58-64)85-36-20-16-32-76(85)77-33-17-21-37-86(77)92/h2-37,40-55,57-61,82H,38-39,56H2,1H3/t61-,82?/m1/s1. The molecule has 0 saturated heterocycles. The van der Waals surface area contributed by atoms with Gasteiger partial charge in [-0.1, -0.05) is 298 Å². The lowest BCUT2D eigenvalue weighted by molar-refractivity contribution is 0.572. The molecule has 0 N–H and O–H groups in total. The van der Waals surface area contributed by atoms with Crippen molar-refractivity contribution in [1.29, 1.82) is 0 Å². The monoisotopic (exact) mass is 1190 g/mol. The van der Waals surface area contributed by atoms with E-state index in [-0.39, 0.29) is 0 Å². The summed E-state index contributed by atoms with van der Waals surface area (Å²) in [5, 5.41) is 0. The summed E-state index contributed by atoms with van der Waals surface area (Å²) in [5.74, 6) is 0.670. The third-order valence-electron chi connectivity index (χ3n) is 21.4. The third kappa shape index (κ3) is 8.60. The van der Waals surface area contributed by atoms with Crippen LogP contribution in [0.3, 0.4) is 0 Å². The van der Waals surface area contributed by atoms with Crippen LogP contribution in [-0.2, 0) is 30.1 Å². The quantitative estimate of drug-likeness (QED) is 0.111. The highest BCUT2D eigenvalue weighted by molar-refractivity contribution is 5.98. The number of hydrogen-bond donors (Lipinski definition) is 0. The molecule has 4 aliphatic carbocycles. The van der Waals surface area contributed by atoms with Crippen LogP contribution < -0.4 is 4.90 Å². The molecule has 440 valence electrons. The minimum atomic E-state index is -0.483. The number of benzene rings is 14. The van der Waals surface area contributed by atoms with Gasteiger partial charge in [0, 0.05) is 17.1 Å². The summed E-state index contributed by atoms with van der Waals surface area (Å²) in [5.41, 5.74) is 35.7. The van der Waals surface area contributed by atoms with E-state index >= 15 is 0 Å². The summed E-state index contributed by atoms with van der Waals surface area (Å²) in [6.07, 6.45) is 2.81. The van der Waals surface area contributed by atoms with Crippen molar-refractivity contribution in [3.05, 3.63) is 412 Å². The first kappa shape index (κ1) is 54.8. The van der Waals surface area contributed by atoms with Gasteiger partial charge in [-0.25, -0.2) is 0 Å². The number of anilines is 3. The predicted octanol–water partition coefficient (Wildman–Crippen LogP) is 23.1. The normalized spacial score (nSPS) is 14.1. The second-order valence-corrected chi connectivity index (χ2v) is 26.1. The molecule has 0 heterocycles. The van der Waals surface area contributed by atoms with E-state index < -0.39 is 10.8 Å². The van der Waals surface area contributed by atoms with Crippen molar-refractivity contribution < 1.29 is 0 Å². The van der Waals surface area contributed by atoms with Crippen molar-refractivity contribution in [1.82, 2.24) is 0 Å². The second-order valence-electron chi connectivity index (χ2n) is 26.1. The van der Waals surface area contributed by atoms with Crippen LogP contribution in [0.4, 0.5) is 17.1 Å². The molecule has 0 amide bonds. The van der Waals surface area contributed by atoms with E-state index in [0.717, 1.165) is 36.3 Å². The zero-order valence-electron chi connectivity index (χ0n) is 52.1. The van der Waals surface area contributed by atoms with Gasteiger partial charge >= 0.3 is 0 Å². The van der Waals surface area contributed by atoms with Crippen molar-refractivity contribution in [2.75, 3.05) is 4.90 Å². The molecule has 1 unspecified atom stereocenters. The Labute approximate surface area is 546 Å². The first-order valence-electron chi connectivity index (χ1n) is 33.2. The van der Waals surface area contributed by atoms with Gasteiger partial charge in [-0.3, -0.25) is 0 Å². The Morgan fingerprint density at radius 2 is 0.570 bits per heavy atom. The summed E-state index contributed by atoms with van der Waals surface area (Å²) < 4.78 is 0. The van der Waals surface area contributed by atoms with E-state index in [2.05, 4.69) is 352 Å². The van der Waals surface area contributed by atoms with E-state index in [1.165, 1.54) is 139 Å². The van der Waals surface area contributed by atoms with Gasteiger partial charge in [-0.05, 0) is 219 Å². The van der Waals surface area contributed by atoms with Gasteiger partial charge < -0.3 is 4.90 Å². The molecule has 0 saturated carbocycles. The lowest BCUT2D eigenvalue weighted by Gasteiger charge is -2.31. The smallest absolute Gasteiger partial charge is 0.0725 e. The average Bonchev–Trinajstić information content (AvgIpc) is 1.52. The van der Waals surface area contributed by atoms with Crippen molar-refractivity contribution in [3.8, 4) is 66.8 Å². The summed E-state index contributed by atoms with van der Waals surface area (Å²) >= 11 is 0. The summed E-state index contributed by atoms with van der Waals surface area (Å²) in [7, 11) is 0. The Balaban J connectivity index is 0.695. The van der Waals surface area contributed by atoms with Crippen LogP contribution in [0.25, 0.3) is 66.8 Å². The molecule has 2 spiro atoms. The van der Waals surface area contributed by atoms with E-state index in [1.54, 1.807) is 0 Å². The highest BCUT2D eigenvalue weighted by Gasteiger charge is 2.53. The van der Waals surface area contributed by atoms with Crippen LogP contribution in [-0.4, -0.2) is 0 Å². The molecule has 93 heavy (non-hydrogen) atoms. The van der Waals surface area contributed by atoms with Crippen molar-refractivity contribution >= 4 is 17.1 Å². The molecular weight excluding hydrogens is 1120 g/mol. The van der Waals surface area contributed by atoms with Crippen LogP contribution >= 0.6 is 0 Å². The SMILES string of the molecule is C[C@H](c1ccc(-c2ccc3c(c2)C2(c4ccccc4-c4ccccc42)c2cc(CCc4ccc5c(c4)C4(c6ccccc6-c6ccccc64)c4cc(-c6ccc(N(c7ccccc7)c7ccccc7)cc6)ccc4-5)ccc2-3)cc1)C(Cc1ccccc1)c1ccccc1. The molecule has 1 nitrogen and oxygen atoms in total. The molecule has 4 aliphatic rings. The van der Waals surface area contributed by atoms with Gasteiger partial charge in [0.15, 0.2) is 0 Å². The number of rotatable bonds is 13. The Morgan fingerprint density at radius 1 is 0.247 bits per heavy atom. The lowest BCUT2D eigenvalue weighted by Crippen LogP contribution is -2.26. The molecule has 1 heteroatoms. The highest BCUT2D eigenvalue weighted by Crippen LogP contribution is 2.65. The molecule has 14 aromatic carbocycles. The van der Waals surface area contributed by atoms with Gasteiger partial charge in [0.1, 0.15) is 0 Å². The molecular formula is C92H67N. The van der Waals surface area contributed by atoms with Gasteiger partial charge in [-0.2, -0.15) is 0 Å². The zero-order chi connectivity index (χ0) is 61.6. The number of aryl methyl sites for hydroxylation is 2. The van der Waals surface area contributed by atoms with Crippen molar-refractivity contribution in [2.24, 2.45) is 0 Å². The third-order valence-corrected chi connectivity index (χ3v) is 21.4. The Hall–Kier alpha value is -11.1. The van der Waals surface area contributed by atoms with Crippen LogP contribution in [0.5, 0.6) is 0 Å². The minimum Gasteiger partial charge on any atom is -0.311 e. The minimum absolute atomic E-state index is 0.322. The average molecular weight is 1190 g/mol. The summed E-state index contributed by atoms with van der Waals surface area (Å²) in [6, 6.07) is 128. The Morgan fingerprint density at radius 3 is 1.00 bits per heavy atom. The van der Waals surface area contributed by atoms with Crippen LogP contribution in [0.15, 0.2) is 340 Å². The molecule has 0 radical (unpaired) electrons. The largest absolute Gasteiger partial charge is 0.311 e. The fourth-order valence-corrected chi connectivity index (χ4v) is 17.1. The first-order chi connectivity index (χ1) is 46.0. The predicted molar refractivity (Wildman–Crippen MR) is 386 cm³/mol. The van der Waals surface area contributed by atoms with Crippen LogP contribution in [0.1, 0.15) is 91.1 Å². The maximum Gasteiger partial charge on any atom is 0.0725 e. The fourth-order valence-electron chi connectivity index (χ4n) is 17.1. The van der Waals surface area contributed by atoms with Gasteiger partial charge in [0.2, 0.25) is 0 Å². The maximum absolute atomic E-state index is 2.59. The van der Waals surface area contributed by atoms with E-state index in [9.17, 15) is 0 Å². The summed E-state index contributed by atoms with van der Waals surface area (Å²) in [6.45, 7) is 2.41. The molecule has 14 aromatic rings. The zero-order valence-corrected chi connectivity index (χ0v) is 52.1. The number of nitrogens with zero attached hydrogens (tertiary/aromatic N) is 1. The topological polar surface area (TPSA) is 3.24 Å². The molecule has 0 aliphatic heterocycles. The van der Waals surface area contributed by atoms with Crippen LogP contribution in [0, 0.1) is 0 Å². The lowest BCUT2D eigenvalue weighted by atomic mass is 9.69. The molecule has 18 rings (SSSR count). The Kier molecular flexibility index (Phi) is 13.0. The molecule has 2 atom stereocenters. The fraction of sp³-hybridized carbons (Fsp3) is 0.0870. The van der Waals surface area contributed by atoms with Crippen LogP contribution in [0.2, 0.25) is 0 Å². The Bertz CT molecular complexity index is 5050.